The Labute approximate surface area is 66.8 Å². The summed E-state index contributed by atoms with van der Waals surface area (Å²) < 4.78 is 0. The fourth-order valence-electron chi connectivity index (χ4n) is 1.23. The van der Waals surface area contributed by atoms with Crippen LogP contribution in [0.25, 0.3) is 11.0 Å². The average molecular weight is 160 g/mol. The van der Waals surface area contributed by atoms with Crippen molar-refractivity contribution < 1.29 is 0 Å². The summed E-state index contributed by atoms with van der Waals surface area (Å²) in [6.45, 7) is 0. The minimum atomic E-state index is 0.818. The number of benzene rings is 1. The fourth-order valence-corrected chi connectivity index (χ4v) is 1.23. The van der Waals surface area contributed by atoms with Gasteiger partial charge in [-0.1, -0.05) is 6.07 Å². The van der Waals surface area contributed by atoms with Crippen molar-refractivity contribution in [3.63, 3.8) is 0 Å². The maximum Gasteiger partial charge on any atom is 0.142 e. The fraction of sp³-hybridized carbons (Fsp3) is 0. The minimum Gasteiger partial charge on any atom is -0.256 e. The van der Waals surface area contributed by atoms with Crippen LogP contribution in [0.4, 0.5) is 5.69 Å². The smallest absolute Gasteiger partial charge is 0.142 e. The first-order valence-electron chi connectivity index (χ1n) is 3.46. The van der Waals surface area contributed by atoms with Crippen LogP contribution in [0.15, 0.2) is 28.6 Å². The van der Waals surface area contributed by atoms with E-state index in [4.69, 9.17) is 0 Å². The molecule has 0 saturated heterocycles. The van der Waals surface area contributed by atoms with E-state index < -0.39 is 0 Å². The SMILES string of the molecule is c1cc2c3c(c1)nnn3N=NN2. The second-order valence-corrected chi connectivity index (χ2v) is 2.45. The van der Waals surface area contributed by atoms with Gasteiger partial charge in [-0.15, -0.1) is 9.89 Å². The largest absolute Gasteiger partial charge is 0.256 e. The van der Waals surface area contributed by atoms with Crippen LogP contribution in [-0.2, 0) is 0 Å². The molecule has 0 fully saturated rings. The molecular formula is C6H4N6. The van der Waals surface area contributed by atoms with Crippen molar-refractivity contribution in [3.8, 4) is 0 Å². The van der Waals surface area contributed by atoms with Gasteiger partial charge in [0, 0.05) is 0 Å². The van der Waals surface area contributed by atoms with Crippen molar-refractivity contribution in [1.29, 1.82) is 0 Å². The molecule has 6 heteroatoms. The van der Waals surface area contributed by atoms with E-state index in [9.17, 15) is 0 Å². The monoisotopic (exact) mass is 160 g/mol. The Balaban J connectivity index is 2.57. The van der Waals surface area contributed by atoms with Crippen molar-refractivity contribution >= 4 is 16.7 Å². The molecule has 0 bridgehead atoms. The van der Waals surface area contributed by atoms with Gasteiger partial charge in [0.15, 0.2) is 0 Å². The summed E-state index contributed by atoms with van der Waals surface area (Å²) in [5, 5.41) is 15.1. The third kappa shape index (κ3) is 0.541. The van der Waals surface area contributed by atoms with Gasteiger partial charge in [-0.3, -0.25) is 5.43 Å². The molecule has 12 heavy (non-hydrogen) atoms. The lowest BCUT2D eigenvalue weighted by Gasteiger charge is -2.04. The molecule has 0 spiro atoms. The zero-order valence-corrected chi connectivity index (χ0v) is 5.97. The molecule has 0 atom stereocenters. The van der Waals surface area contributed by atoms with Gasteiger partial charge in [0.25, 0.3) is 0 Å². The molecule has 2 aromatic rings. The van der Waals surface area contributed by atoms with Gasteiger partial charge in [0.2, 0.25) is 0 Å². The van der Waals surface area contributed by atoms with Crippen LogP contribution in [0.5, 0.6) is 0 Å². The summed E-state index contributed by atoms with van der Waals surface area (Å²) in [6.07, 6.45) is 0. The Bertz CT molecular complexity index is 470. The van der Waals surface area contributed by atoms with Crippen molar-refractivity contribution in [2.45, 2.75) is 0 Å². The Morgan fingerprint density at radius 3 is 3.33 bits per heavy atom. The van der Waals surface area contributed by atoms with Crippen LogP contribution in [-0.4, -0.2) is 15.1 Å². The first kappa shape index (κ1) is 5.64. The lowest BCUT2D eigenvalue weighted by molar-refractivity contribution is 0.657. The van der Waals surface area contributed by atoms with E-state index >= 15 is 0 Å². The number of nitrogens with one attached hydrogen (secondary N) is 1. The van der Waals surface area contributed by atoms with Gasteiger partial charge >= 0.3 is 0 Å². The highest BCUT2D eigenvalue weighted by Gasteiger charge is 2.11. The highest BCUT2D eigenvalue weighted by Crippen LogP contribution is 2.23. The number of nitrogens with zero attached hydrogens (tertiary/aromatic N) is 5. The van der Waals surface area contributed by atoms with Crippen molar-refractivity contribution in [2.24, 2.45) is 10.4 Å². The molecular weight excluding hydrogens is 156 g/mol. The summed E-state index contributed by atoms with van der Waals surface area (Å²) in [6, 6.07) is 5.68. The van der Waals surface area contributed by atoms with E-state index in [0.29, 0.717) is 0 Å². The Hall–Kier alpha value is -1.98. The summed E-state index contributed by atoms with van der Waals surface area (Å²) in [5.74, 6) is 0. The van der Waals surface area contributed by atoms with Crippen molar-refractivity contribution in [1.82, 2.24) is 15.1 Å². The highest BCUT2D eigenvalue weighted by atomic mass is 15.7. The molecule has 1 aromatic carbocycles. The van der Waals surface area contributed by atoms with Gasteiger partial charge in [-0.25, -0.2) is 0 Å². The van der Waals surface area contributed by atoms with E-state index in [1.54, 1.807) is 0 Å². The maximum absolute atomic E-state index is 3.91. The van der Waals surface area contributed by atoms with Crippen LogP contribution in [0.3, 0.4) is 0 Å². The van der Waals surface area contributed by atoms with Crippen molar-refractivity contribution in [2.75, 3.05) is 5.43 Å². The quantitative estimate of drug-likeness (QED) is 0.624. The molecule has 1 aliphatic heterocycles. The third-order valence-corrected chi connectivity index (χ3v) is 1.75. The minimum absolute atomic E-state index is 0.818. The molecule has 58 valence electrons. The second kappa shape index (κ2) is 1.79. The average Bonchev–Trinajstić information content (AvgIpc) is 2.52. The zero-order chi connectivity index (χ0) is 7.97. The third-order valence-electron chi connectivity index (χ3n) is 1.75. The van der Waals surface area contributed by atoms with Crippen LogP contribution in [0.2, 0.25) is 0 Å². The number of hydrogen-bond acceptors (Lipinski definition) is 5. The van der Waals surface area contributed by atoms with Crippen LogP contribution in [0.1, 0.15) is 0 Å². The van der Waals surface area contributed by atoms with Crippen molar-refractivity contribution in [3.05, 3.63) is 18.2 Å². The molecule has 1 N–H and O–H groups in total. The summed E-state index contributed by atoms with van der Waals surface area (Å²) in [7, 11) is 0. The number of hydrogen-bond donors (Lipinski definition) is 1. The molecule has 0 amide bonds. The number of para-hydroxylation sites is 1. The molecule has 0 aliphatic carbocycles. The first-order valence-corrected chi connectivity index (χ1v) is 3.46. The van der Waals surface area contributed by atoms with E-state index in [2.05, 4.69) is 26.2 Å². The molecule has 0 radical (unpaired) electrons. The second-order valence-electron chi connectivity index (χ2n) is 2.45. The molecule has 6 nitrogen and oxygen atoms in total. The van der Waals surface area contributed by atoms with Crippen LogP contribution >= 0.6 is 0 Å². The van der Waals surface area contributed by atoms with E-state index in [1.807, 2.05) is 18.2 Å². The molecule has 1 aliphatic rings. The van der Waals surface area contributed by atoms with Crippen LogP contribution < -0.4 is 5.43 Å². The van der Waals surface area contributed by atoms with Gasteiger partial charge in [-0.05, 0) is 27.8 Å². The van der Waals surface area contributed by atoms with Gasteiger partial charge < -0.3 is 0 Å². The number of aromatic nitrogens is 3. The Morgan fingerprint density at radius 1 is 1.33 bits per heavy atom. The predicted molar refractivity (Wildman–Crippen MR) is 41.4 cm³/mol. The predicted octanol–water partition coefficient (Wildman–Crippen LogP) is 0.987. The summed E-state index contributed by atoms with van der Waals surface area (Å²) in [4.78, 5) is 1.40. The van der Waals surface area contributed by atoms with Crippen LogP contribution in [0, 0.1) is 0 Å². The van der Waals surface area contributed by atoms with Gasteiger partial charge in [0.05, 0.1) is 5.69 Å². The van der Waals surface area contributed by atoms with E-state index in [-0.39, 0.29) is 0 Å². The Kier molecular flexibility index (Phi) is 0.840. The van der Waals surface area contributed by atoms with E-state index in [0.717, 1.165) is 16.7 Å². The van der Waals surface area contributed by atoms with Gasteiger partial charge in [0.1, 0.15) is 11.0 Å². The molecule has 2 heterocycles. The molecule has 3 rings (SSSR count). The lowest BCUT2D eigenvalue weighted by Crippen LogP contribution is -2.00. The van der Waals surface area contributed by atoms with Gasteiger partial charge in [-0.2, -0.15) is 0 Å². The maximum atomic E-state index is 3.91. The topological polar surface area (TPSA) is 67.5 Å². The lowest BCUT2D eigenvalue weighted by atomic mass is 10.3. The Morgan fingerprint density at radius 2 is 2.33 bits per heavy atom. The van der Waals surface area contributed by atoms with E-state index in [1.165, 1.54) is 4.79 Å². The molecule has 1 aromatic heterocycles. The molecule has 0 saturated carbocycles. The zero-order valence-electron chi connectivity index (χ0n) is 5.97. The standard InChI is InChI=1S/C6H4N6/c1-2-4-6-5(3-1)8-10-12(6)11-9-7-4/h1-3H,(H,7,11). The highest BCUT2D eigenvalue weighted by molar-refractivity contribution is 5.87. The number of anilines is 1. The molecule has 0 unspecified atom stereocenters. The number of rotatable bonds is 0. The normalized spacial score (nSPS) is 13.3. The summed E-state index contributed by atoms with van der Waals surface area (Å²) >= 11 is 0. The summed E-state index contributed by atoms with van der Waals surface area (Å²) in [5.41, 5.74) is 5.34. The first-order chi connectivity index (χ1) is 5.95.